The Morgan fingerprint density at radius 2 is 2.21 bits per heavy atom. The van der Waals surface area contributed by atoms with E-state index in [1.807, 2.05) is 19.4 Å². The number of nitrogens with zero attached hydrogens (tertiary/aromatic N) is 2. The van der Waals surface area contributed by atoms with E-state index in [0.29, 0.717) is 0 Å². The van der Waals surface area contributed by atoms with Gasteiger partial charge in [0.15, 0.2) is 0 Å². The van der Waals surface area contributed by atoms with Gasteiger partial charge >= 0.3 is 0 Å². The van der Waals surface area contributed by atoms with Crippen LogP contribution < -0.4 is 5.32 Å². The second-order valence-corrected chi connectivity index (χ2v) is 5.65. The summed E-state index contributed by atoms with van der Waals surface area (Å²) in [5.41, 5.74) is 2.48. The Morgan fingerprint density at radius 3 is 2.79 bits per heavy atom. The van der Waals surface area contributed by atoms with Gasteiger partial charge in [-0.25, -0.2) is 4.98 Å². The van der Waals surface area contributed by atoms with Gasteiger partial charge in [-0.3, -0.25) is 0 Å². The monoisotopic (exact) mass is 321 g/mol. The molecule has 1 aromatic heterocycles. The summed E-state index contributed by atoms with van der Waals surface area (Å²) in [6, 6.07) is 6.62. The molecule has 19 heavy (non-hydrogen) atoms. The normalized spacial score (nSPS) is 12.6. The number of rotatable bonds is 5. The lowest BCUT2D eigenvalue weighted by Crippen LogP contribution is -2.25. The number of halogens is 1. The number of aryl methyl sites for hydroxylation is 2. The minimum absolute atomic E-state index is 0.136. The third-order valence-electron chi connectivity index (χ3n) is 3.24. The molecule has 1 heterocycles. The fourth-order valence-corrected chi connectivity index (χ4v) is 2.49. The molecular weight excluding hydrogens is 302 g/mol. The average molecular weight is 322 g/mol. The van der Waals surface area contributed by atoms with E-state index in [1.165, 1.54) is 11.1 Å². The van der Waals surface area contributed by atoms with E-state index in [4.69, 9.17) is 0 Å². The van der Waals surface area contributed by atoms with E-state index >= 15 is 0 Å². The number of nitrogens with one attached hydrogen (secondary N) is 1. The van der Waals surface area contributed by atoms with Crippen LogP contribution in [0.5, 0.6) is 0 Å². The maximum Gasteiger partial charge on any atom is 0.130 e. The molecule has 2 aromatic rings. The Bertz CT molecular complexity index is 548. The van der Waals surface area contributed by atoms with Gasteiger partial charge in [0.05, 0.1) is 6.04 Å². The summed E-state index contributed by atoms with van der Waals surface area (Å²) in [4.78, 5) is 4.48. The van der Waals surface area contributed by atoms with Crippen LogP contribution in [-0.4, -0.2) is 16.1 Å². The highest BCUT2D eigenvalue weighted by Crippen LogP contribution is 2.25. The second-order valence-electron chi connectivity index (χ2n) is 4.79. The molecule has 0 saturated carbocycles. The molecule has 0 amide bonds. The summed E-state index contributed by atoms with van der Waals surface area (Å²) in [7, 11) is 2.03. The van der Waals surface area contributed by atoms with Gasteiger partial charge in [0, 0.05) is 23.9 Å². The molecule has 0 bridgehead atoms. The fourth-order valence-electron chi connectivity index (χ4n) is 2.09. The van der Waals surface area contributed by atoms with Crippen molar-refractivity contribution in [3.63, 3.8) is 0 Å². The van der Waals surface area contributed by atoms with Crippen molar-refractivity contribution in [2.75, 3.05) is 6.54 Å². The van der Waals surface area contributed by atoms with Crippen molar-refractivity contribution in [1.82, 2.24) is 14.9 Å². The molecule has 1 unspecified atom stereocenters. The molecule has 0 aliphatic carbocycles. The number of hydrogen-bond donors (Lipinski definition) is 1. The Balaban J connectivity index is 2.37. The van der Waals surface area contributed by atoms with E-state index in [9.17, 15) is 0 Å². The van der Waals surface area contributed by atoms with Crippen molar-refractivity contribution in [3.05, 3.63) is 52.0 Å². The smallest absolute Gasteiger partial charge is 0.130 e. The molecule has 102 valence electrons. The molecule has 0 spiro atoms. The van der Waals surface area contributed by atoms with Crippen molar-refractivity contribution < 1.29 is 0 Å². The van der Waals surface area contributed by atoms with Crippen LogP contribution in [0.25, 0.3) is 0 Å². The molecule has 1 atom stereocenters. The van der Waals surface area contributed by atoms with Gasteiger partial charge in [0.25, 0.3) is 0 Å². The van der Waals surface area contributed by atoms with E-state index in [2.05, 4.69) is 62.8 Å². The topological polar surface area (TPSA) is 29.9 Å². The van der Waals surface area contributed by atoms with Crippen LogP contribution in [0.2, 0.25) is 0 Å². The summed E-state index contributed by atoms with van der Waals surface area (Å²) < 4.78 is 3.21. The summed E-state index contributed by atoms with van der Waals surface area (Å²) >= 11 is 3.61. The Morgan fingerprint density at radius 1 is 1.42 bits per heavy atom. The molecule has 4 heteroatoms. The van der Waals surface area contributed by atoms with Gasteiger partial charge in [0.1, 0.15) is 5.82 Å². The minimum atomic E-state index is 0.136. The number of benzene rings is 1. The summed E-state index contributed by atoms with van der Waals surface area (Å²) in [5, 5.41) is 3.57. The molecule has 0 aliphatic heterocycles. The van der Waals surface area contributed by atoms with Crippen LogP contribution in [-0.2, 0) is 7.05 Å². The van der Waals surface area contributed by atoms with Crippen molar-refractivity contribution >= 4 is 15.9 Å². The van der Waals surface area contributed by atoms with Gasteiger partial charge < -0.3 is 9.88 Å². The Hall–Kier alpha value is -1.13. The minimum Gasteiger partial charge on any atom is -0.336 e. The predicted molar refractivity (Wildman–Crippen MR) is 82.2 cm³/mol. The fraction of sp³-hybridized carbons (Fsp3) is 0.400. The molecule has 0 aliphatic rings. The van der Waals surface area contributed by atoms with Gasteiger partial charge in [0.2, 0.25) is 0 Å². The highest BCUT2D eigenvalue weighted by molar-refractivity contribution is 9.10. The molecule has 1 N–H and O–H groups in total. The van der Waals surface area contributed by atoms with Crippen LogP contribution in [0.15, 0.2) is 35.1 Å². The third-order valence-corrected chi connectivity index (χ3v) is 4.10. The van der Waals surface area contributed by atoms with Gasteiger partial charge in [-0.2, -0.15) is 0 Å². The van der Waals surface area contributed by atoms with Crippen LogP contribution in [0, 0.1) is 6.92 Å². The van der Waals surface area contributed by atoms with E-state index in [0.717, 1.165) is 23.3 Å². The lowest BCUT2D eigenvalue weighted by Gasteiger charge is -2.19. The lowest BCUT2D eigenvalue weighted by atomic mass is 10.0. The predicted octanol–water partition coefficient (Wildman–Crippen LogP) is 3.58. The van der Waals surface area contributed by atoms with Crippen molar-refractivity contribution in [2.45, 2.75) is 26.3 Å². The highest BCUT2D eigenvalue weighted by atomic mass is 79.9. The van der Waals surface area contributed by atoms with E-state index < -0.39 is 0 Å². The zero-order valence-electron chi connectivity index (χ0n) is 11.7. The highest BCUT2D eigenvalue weighted by Gasteiger charge is 2.17. The van der Waals surface area contributed by atoms with Crippen LogP contribution in [0.3, 0.4) is 0 Å². The Labute approximate surface area is 123 Å². The number of hydrogen-bond acceptors (Lipinski definition) is 2. The lowest BCUT2D eigenvalue weighted by molar-refractivity contribution is 0.555. The maximum absolute atomic E-state index is 4.48. The third kappa shape index (κ3) is 3.25. The largest absolute Gasteiger partial charge is 0.336 e. The summed E-state index contributed by atoms with van der Waals surface area (Å²) in [5.74, 6) is 1.05. The molecule has 1 aromatic carbocycles. The number of aromatic nitrogens is 2. The van der Waals surface area contributed by atoms with Gasteiger partial charge in [-0.1, -0.05) is 35.0 Å². The first-order chi connectivity index (χ1) is 9.13. The zero-order valence-corrected chi connectivity index (χ0v) is 13.2. The van der Waals surface area contributed by atoms with Crippen LogP contribution >= 0.6 is 15.9 Å². The van der Waals surface area contributed by atoms with E-state index in [1.54, 1.807) is 0 Å². The molecule has 0 saturated heterocycles. The van der Waals surface area contributed by atoms with Gasteiger partial charge in [-0.05, 0) is 37.1 Å². The summed E-state index contributed by atoms with van der Waals surface area (Å²) in [6.45, 7) is 5.25. The zero-order chi connectivity index (χ0) is 13.8. The Kier molecular flexibility index (Phi) is 4.77. The van der Waals surface area contributed by atoms with Crippen molar-refractivity contribution in [2.24, 2.45) is 7.05 Å². The quantitative estimate of drug-likeness (QED) is 0.912. The van der Waals surface area contributed by atoms with Crippen LogP contribution in [0.4, 0.5) is 0 Å². The second kappa shape index (κ2) is 6.35. The van der Waals surface area contributed by atoms with Gasteiger partial charge in [-0.15, -0.1) is 0 Å². The SMILES string of the molecule is CCCNC(c1ccc(C)c(Br)c1)c1nccn1C. The molecule has 2 rings (SSSR count). The standard InChI is InChI=1S/C15H20BrN3/c1-4-7-17-14(15-18-8-9-19(15)3)12-6-5-11(2)13(16)10-12/h5-6,8-10,14,17H,4,7H2,1-3H3. The first kappa shape index (κ1) is 14.3. The summed E-state index contributed by atoms with van der Waals surface area (Å²) in [6.07, 6.45) is 4.94. The van der Waals surface area contributed by atoms with E-state index in [-0.39, 0.29) is 6.04 Å². The maximum atomic E-state index is 4.48. The molecule has 0 fully saturated rings. The molecular formula is C15H20BrN3. The number of imidazole rings is 1. The average Bonchev–Trinajstić information content (AvgIpc) is 2.80. The first-order valence-corrected chi connectivity index (χ1v) is 7.39. The first-order valence-electron chi connectivity index (χ1n) is 6.60. The molecule has 0 radical (unpaired) electrons. The van der Waals surface area contributed by atoms with Crippen molar-refractivity contribution in [1.29, 1.82) is 0 Å². The molecule has 3 nitrogen and oxygen atoms in total. The van der Waals surface area contributed by atoms with Crippen LogP contribution in [0.1, 0.15) is 36.3 Å². The van der Waals surface area contributed by atoms with Crippen molar-refractivity contribution in [3.8, 4) is 0 Å².